The minimum Gasteiger partial charge on any atom is -0.432 e. The Balaban J connectivity index is 1.80. The summed E-state index contributed by atoms with van der Waals surface area (Å²) in [5.41, 5.74) is 2.08. The van der Waals surface area contributed by atoms with Crippen molar-refractivity contribution in [3.8, 4) is 11.1 Å². The van der Waals surface area contributed by atoms with Crippen LogP contribution in [0, 0.1) is 0 Å². The number of ether oxygens (including phenoxy) is 1. The predicted octanol–water partition coefficient (Wildman–Crippen LogP) is 4.70. The molecule has 0 saturated carbocycles. The van der Waals surface area contributed by atoms with E-state index in [2.05, 4.69) is 14.8 Å². The fourth-order valence-corrected chi connectivity index (χ4v) is 2.11. The summed E-state index contributed by atoms with van der Waals surface area (Å²) in [7, 11) is 0. The standard InChI is InChI=1S/C19H20O6/c1-2-3-7-13-22-19(21)24-25-23-18(20)17-12-8-11-16(14-17)15-9-5-4-6-10-15/h4-6,8-12,14H,2-3,7,13H2,1H3. The maximum Gasteiger partial charge on any atom is 0.543 e. The quantitative estimate of drug-likeness (QED) is 0.299. The van der Waals surface area contributed by atoms with Gasteiger partial charge in [0.25, 0.3) is 0 Å². The molecule has 2 aromatic carbocycles. The lowest BCUT2D eigenvalue weighted by molar-refractivity contribution is -0.452. The van der Waals surface area contributed by atoms with Crippen LogP contribution in [0.2, 0.25) is 0 Å². The first-order valence-corrected chi connectivity index (χ1v) is 8.08. The molecule has 0 unspecified atom stereocenters. The summed E-state index contributed by atoms with van der Waals surface area (Å²) >= 11 is 0. The maximum absolute atomic E-state index is 11.9. The van der Waals surface area contributed by atoms with E-state index in [4.69, 9.17) is 4.74 Å². The van der Waals surface area contributed by atoms with E-state index in [0.29, 0.717) is 0 Å². The highest BCUT2D eigenvalue weighted by Gasteiger charge is 2.13. The Bertz CT molecular complexity index is 683. The number of hydrogen-bond donors (Lipinski definition) is 0. The van der Waals surface area contributed by atoms with Crippen LogP contribution < -0.4 is 0 Å². The lowest BCUT2D eigenvalue weighted by Gasteiger charge is -2.05. The molecule has 0 radical (unpaired) electrons. The van der Waals surface area contributed by atoms with E-state index >= 15 is 0 Å². The van der Waals surface area contributed by atoms with Gasteiger partial charge < -0.3 is 4.74 Å². The molecule has 132 valence electrons. The summed E-state index contributed by atoms with van der Waals surface area (Å²) in [6, 6.07) is 16.4. The average molecular weight is 344 g/mol. The SMILES string of the molecule is CCCCCOC(=O)OOOC(=O)c1cccc(-c2ccccc2)c1. The van der Waals surface area contributed by atoms with Gasteiger partial charge in [0.1, 0.15) is 0 Å². The van der Waals surface area contributed by atoms with Gasteiger partial charge in [-0.05, 0) is 29.7 Å². The van der Waals surface area contributed by atoms with E-state index in [1.54, 1.807) is 18.2 Å². The van der Waals surface area contributed by atoms with Gasteiger partial charge in [-0.15, -0.1) is 0 Å². The zero-order chi connectivity index (χ0) is 17.9. The second-order valence-corrected chi connectivity index (χ2v) is 5.27. The maximum atomic E-state index is 11.9. The van der Waals surface area contributed by atoms with Crippen molar-refractivity contribution < 1.29 is 29.1 Å². The number of rotatable bonds is 8. The molecule has 2 aromatic rings. The van der Waals surface area contributed by atoms with Crippen LogP contribution in [0.1, 0.15) is 36.5 Å². The Morgan fingerprint density at radius 2 is 1.64 bits per heavy atom. The first kappa shape index (κ1) is 18.5. The van der Waals surface area contributed by atoms with Gasteiger partial charge in [0.15, 0.2) is 0 Å². The van der Waals surface area contributed by atoms with Crippen molar-refractivity contribution in [2.75, 3.05) is 6.61 Å². The second-order valence-electron chi connectivity index (χ2n) is 5.27. The van der Waals surface area contributed by atoms with E-state index in [0.717, 1.165) is 30.4 Å². The normalized spacial score (nSPS) is 10.1. The van der Waals surface area contributed by atoms with E-state index in [1.165, 1.54) is 0 Å². The minimum absolute atomic E-state index is 0.225. The van der Waals surface area contributed by atoms with Crippen LogP contribution in [0.3, 0.4) is 0 Å². The van der Waals surface area contributed by atoms with Crippen LogP contribution in [0.25, 0.3) is 11.1 Å². The third kappa shape index (κ3) is 6.27. The largest absolute Gasteiger partial charge is 0.543 e. The van der Waals surface area contributed by atoms with E-state index < -0.39 is 12.1 Å². The zero-order valence-corrected chi connectivity index (χ0v) is 14.0. The molecule has 0 amide bonds. The highest BCUT2D eigenvalue weighted by atomic mass is 17.5. The number of carbonyl (C=O) groups is 2. The molecule has 0 heterocycles. The van der Waals surface area contributed by atoms with Crippen molar-refractivity contribution >= 4 is 12.1 Å². The van der Waals surface area contributed by atoms with Gasteiger partial charge in [-0.25, -0.2) is 14.5 Å². The molecule has 0 saturated heterocycles. The van der Waals surface area contributed by atoms with Crippen LogP contribution in [-0.2, 0) is 19.6 Å². The summed E-state index contributed by atoms with van der Waals surface area (Å²) in [4.78, 5) is 31.8. The highest BCUT2D eigenvalue weighted by molar-refractivity contribution is 5.90. The molecule has 0 aliphatic heterocycles. The van der Waals surface area contributed by atoms with Gasteiger partial charge >= 0.3 is 12.1 Å². The molecular weight excluding hydrogens is 324 g/mol. The third-order valence-electron chi connectivity index (χ3n) is 3.38. The van der Waals surface area contributed by atoms with Crippen molar-refractivity contribution in [1.82, 2.24) is 0 Å². The van der Waals surface area contributed by atoms with Crippen LogP contribution in [-0.4, -0.2) is 18.7 Å². The van der Waals surface area contributed by atoms with E-state index in [1.807, 2.05) is 43.3 Å². The molecule has 0 aliphatic carbocycles. The fraction of sp³-hybridized carbons (Fsp3) is 0.263. The van der Waals surface area contributed by atoms with Gasteiger partial charge in [0.2, 0.25) is 0 Å². The smallest absolute Gasteiger partial charge is 0.432 e. The number of hydrogen-bond acceptors (Lipinski definition) is 6. The first-order chi connectivity index (χ1) is 12.2. The van der Waals surface area contributed by atoms with E-state index in [9.17, 15) is 9.59 Å². The number of carbonyl (C=O) groups excluding carboxylic acids is 2. The van der Waals surface area contributed by atoms with Gasteiger partial charge in [-0.3, -0.25) is 4.89 Å². The fourth-order valence-electron chi connectivity index (χ4n) is 2.11. The van der Waals surface area contributed by atoms with Crippen LogP contribution in [0.15, 0.2) is 54.6 Å². The first-order valence-electron chi connectivity index (χ1n) is 8.08. The topological polar surface area (TPSA) is 71.1 Å². The summed E-state index contributed by atoms with van der Waals surface area (Å²) in [6.45, 7) is 2.26. The molecule has 0 N–H and O–H groups in total. The van der Waals surface area contributed by atoms with Crippen molar-refractivity contribution in [1.29, 1.82) is 0 Å². The molecule has 6 nitrogen and oxygen atoms in total. The molecule has 6 heteroatoms. The zero-order valence-electron chi connectivity index (χ0n) is 14.0. The lowest BCUT2D eigenvalue weighted by Crippen LogP contribution is -2.12. The molecule has 0 bridgehead atoms. The number of unbranched alkanes of at least 4 members (excludes halogenated alkanes) is 2. The van der Waals surface area contributed by atoms with Crippen molar-refractivity contribution in [2.45, 2.75) is 26.2 Å². The molecule has 2 rings (SSSR count). The molecular formula is C19H20O6. The van der Waals surface area contributed by atoms with E-state index in [-0.39, 0.29) is 12.2 Å². The molecule has 25 heavy (non-hydrogen) atoms. The van der Waals surface area contributed by atoms with Crippen molar-refractivity contribution in [3.63, 3.8) is 0 Å². The van der Waals surface area contributed by atoms with Crippen LogP contribution in [0.5, 0.6) is 0 Å². The predicted molar refractivity (Wildman–Crippen MR) is 90.3 cm³/mol. The van der Waals surface area contributed by atoms with Crippen molar-refractivity contribution in [2.24, 2.45) is 0 Å². The number of benzene rings is 2. The van der Waals surface area contributed by atoms with Crippen molar-refractivity contribution in [3.05, 3.63) is 60.2 Å². The van der Waals surface area contributed by atoms with Gasteiger partial charge in [-0.2, -0.15) is 0 Å². The minimum atomic E-state index is -1.05. The molecule has 0 aliphatic rings. The Morgan fingerprint density at radius 3 is 2.40 bits per heavy atom. The van der Waals surface area contributed by atoms with Gasteiger partial charge in [0, 0.05) is 0 Å². The molecule has 0 atom stereocenters. The Morgan fingerprint density at radius 1 is 0.880 bits per heavy atom. The highest BCUT2D eigenvalue weighted by Crippen LogP contribution is 2.20. The Kier molecular flexibility index (Phi) is 7.46. The van der Waals surface area contributed by atoms with Gasteiger partial charge in [0.05, 0.1) is 17.2 Å². The summed E-state index contributed by atoms with van der Waals surface area (Å²) in [5.74, 6) is -0.781. The monoisotopic (exact) mass is 344 g/mol. The van der Waals surface area contributed by atoms with Crippen LogP contribution in [0.4, 0.5) is 4.79 Å². The molecule has 0 spiro atoms. The third-order valence-corrected chi connectivity index (χ3v) is 3.38. The summed E-state index contributed by atoms with van der Waals surface area (Å²) in [5, 5.41) is 4.19. The summed E-state index contributed by atoms with van der Waals surface area (Å²) < 4.78 is 4.73. The Hall–Kier alpha value is -2.86. The molecule has 0 fully saturated rings. The summed E-state index contributed by atoms with van der Waals surface area (Å²) in [6.07, 6.45) is 1.63. The lowest BCUT2D eigenvalue weighted by atomic mass is 10.0. The van der Waals surface area contributed by atoms with Crippen LogP contribution >= 0.6 is 0 Å². The molecule has 0 aromatic heterocycles. The average Bonchev–Trinajstić information content (AvgIpc) is 2.66. The van der Waals surface area contributed by atoms with Gasteiger partial charge in [-0.1, -0.05) is 62.2 Å². The Labute approximate surface area is 146 Å². The second kappa shape index (κ2) is 10.1.